The zero-order chi connectivity index (χ0) is 19.8. The van der Waals surface area contributed by atoms with Gasteiger partial charge in [0, 0.05) is 21.4 Å². The highest BCUT2D eigenvalue weighted by molar-refractivity contribution is 6.30. The van der Waals surface area contributed by atoms with Gasteiger partial charge in [-0.15, -0.1) is 0 Å². The molecule has 0 saturated heterocycles. The van der Waals surface area contributed by atoms with Gasteiger partial charge in [0.2, 0.25) is 0 Å². The molecule has 0 bridgehead atoms. The average molecular weight is 397 g/mol. The lowest BCUT2D eigenvalue weighted by atomic mass is 9.96. The highest BCUT2D eigenvalue weighted by Crippen LogP contribution is 2.36. The van der Waals surface area contributed by atoms with Crippen molar-refractivity contribution < 1.29 is 4.74 Å². The van der Waals surface area contributed by atoms with Gasteiger partial charge in [-0.05, 0) is 47.5 Å². The molecule has 5 rings (SSSR count). The Bertz CT molecular complexity index is 1330. The third-order valence-corrected chi connectivity index (χ3v) is 5.34. The fourth-order valence-corrected chi connectivity index (χ4v) is 3.76. The third-order valence-electron chi connectivity index (χ3n) is 5.09. The van der Waals surface area contributed by atoms with Crippen LogP contribution in [0, 0.1) is 0 Å². The Morgan fingerprint density at radius 2 is 1.52 bits per heavy atom. The summed E-state index contributed by atoms with van der Waals surface area (Å²) in [5.41, 5.74) is 5.93. The van der Waals surface area contributed by atoms with Crippen LogP contribution in [0.5, 0.6) is 5.75 Å². The summed E-state index contributed by atoms with van der Waals surface area (Å²) in [5.74, 6) is 0.830. The average Bonchev–Trinajstić information content (AvgIpc) is 2.78. The number of hydrogen-bond donors (Lipinski definition) is 0. The molecule has 2 aromatic heterocycles. The summed E-state index contributed by atoms with van der Waals surface area (Å²) in [5, 5.41) is 2.89. The molecule has 0 aliphatic rings. The first-order valence-corrected chi connectivity index (χ1v) is 9.69. The molecule has 0 spiro atoms. The minimum absolute atomic E-state index is 0.706. The van der Waals surface area contributed by atoms with Gasteiger partial charge in [-0.25, -0.2) is 4.98 Å². The topological polar surface area (TPSA) is 35.0 Å². The van der Waals surface area contributed by atoms with Crippen molar-refractivity contribution in [2.45, 2.75) is 0 Å². The van der Waals surface area contributed by atoms with Crippen molar-refractivity contribution in [3.63, 3.8) is 0 Å². The minimum Gasteiger partial charge on any atom is -0.497 e. The van der Waals surface area contributed by atoms with Crippen LogP contribution in [-0.4, -0.2) is 17.1 Å². The summed E-state index contributed by atoms with van der Waals surface area (Å²) in [7, 11) is 1.68. The van der Waals surface area contributed by atoms with E-state index >= 15 is 0 Å². The number of benzene rings is 3. The number of para-hydroxylation sites is 1. The summed E-state index contributed by atoms with van der Waals surface area (Å²) in [6, 6.07) is 26.2. The first-order valence-electron chi connectivity index (χ1n) is 9.32. The molecule has 0 amide bonds. The van der Waals surface area contributed by atoms with E-state index in [0.29, 0.717) is 5.02 Å². The maximum Gasteiger partial charge on any atom is 0.118 e. The zero-order valence-electron chi connectivity index (χ0n) is 15.8. The second kappa shape index (κ2) is 7.19. The van der Waals surface area contributed by atoms with Crippen LogP contribution in [0.15, 0.2) is 85.1 Å². The molecule has 3 nitrogen and oxygen atoms in total. The Kier molecular flexibility index (Phi) is 4.38. The molecule has 3 aromatic carbocycles. The number of aromatic nitrogens is 2. The van der Waals surface area contributed by atoms with E-state index in [0.717, 1.165) is 49.9 Å². The minimum atomic E-state index is 0.706. The lowest BCUT2D eigenvalue weighted by molar-refractivity contribution is 0.415. The molecule has 0 radical (unpaired) electrons. The van der Waals surface area contributed by atoms with E-state index in [1.54, 1.807) is 7.11 Å². The number of hydrogen-bond acceptors (Lipinski definition) is 3. The molecule has 0 unspecified atom stereocenters. The number of halogens is 1. The van der Waals surface area contributed by atoms with E-state index < -0.39 is 0 Å². The fourth-order valence-electron chi connectivity index (χ4n) is 3.64. The van der Waals surface area contributed by atoms with Crippen LogP contribution in [0.3, 0.4) is 0 Å². The van der Waals surface area contributed by atoms with Gasteiger partial charge in [0.1, 0.15) is 5.75 Å². The summed E-state index contributed by atoms with van der Waals surface area (Å²) >= 11 is 6.07. The number of fused-ring (bicyclic) bond motifs is 3. The molecule has 29 heavy (non-hydrogen) atoms. The molecule has 4 heteroatoms. The SMILES string of the molecule is COc1ccc(-c2cc(-c3ccc(Cl)cc3)nc3cnc4ccccc4c23)cc1. The Morgan fingerprint density at radius 3 is 2.28 bits per heavy atom. The Balaban J connectivity index is 1.84. The van der Waals surface area contributed by atoms with E-state index in [2.05, 4.69) is 29.2 Å². The maximum atomic E-state index is 6.07. The molecule has 140 valence electrons. The van der Waals surface area contributed by atoms with Crippen LogP contribution in [0.4, 0.5) is 0 Å². The molecule has 0 N–H and O–H groups in total. The molecule has 2 heterocycles. The van der Waals surface area contributed by atoms with Gasteiger partial charge in [0.05, 0.1) is 30.0 Å². The van der Waals surface area contributed by atoms with Crippen molar-refractivity contribution in [2.75, 3.05) is 7.11 Å². The van der Waals surface area contributed by atoms with Crippen molar-refractivity contribution in [3.8, 4) is 28.1 Å². The van der Waals surface area contributed by atoms with Crippen LogP contribution < -0.4 is 4.74 Å². The van der Waals surface area contributed by atoms with Crippen molar-refractivity contribution in [3.05, 3.63) is 90.1 Å². The second-order valence-electron chi connectivity index (χ2n) is 6.83. The van der Waals surface area contributed by atoms with Crippen molar-refractivity contribution in [1.82, 2.24) is 9.97 Å². The van der Waals surface area contributed by atoms with Crippen molar-refractivity contribution in [1.29, 1.82) is 0 Å². The quantitative estimate of drug-likeness (QED) is 0.315. The smallest absolute Gasteiger partial charge is 0.118 e. The highest BCUT2D eigenvalue weighted by Gasteiger charge is 2.13. The highest BCUT2D eigenvalue weighted by atomic mass is 35.5. The van der Waals surface area contributed by atoms with Crippen LogP contribution in [-0.2, 0) is 0 Å². The normalized spacial score (nSPS) is 11.1. The predicted octanol–water partition coefficient (Wildman–Crippen LogP) is 6.78. The number of ether oxygens (including phenoxy) is 1. The van der Waals surface area contributed by atoms with Gasteiger partial charge in [0.25, 0.3) is 0 Å². The Hall–Kier alpha value is -3.43. The van der Waals surface area contributed by atoms with E-state index in [4.69, 9.17) is 21.3 Å². The van der Waals surface area contributed by atoms with Crippen LogP contribution in [0.25, 0.3) is 44.2 Å². The van der Waals surface area contributed by atoms with Crippen molar-refractivity contribution >= 4 is 33.4 Å². The van der Waals surface area contributed by atoms with E-state index in [9.17, 15) is 0 Å². The maximum absolute atomic E-state index is 6.07. The summed E-state index contributed by atoms with van der Waals surface area (Å²) in [6.45, 7) is 0. The lowest BCUT2D eigenvalue weighted by Crippen LogP contribution is -1.93. The first kappa shape index (κ1) is 17.7. The summed E-state index contributed by atoms with van der Waals surface area (Å²) in [4.78, 5) is 9.53. The largest absolute Gasteiger partial charge is 0.497 e. The number of rotatable bonds is 3. The second-order valence-corrected chi connectivity index (χ2v) is 7.26. The molecule has 0 aliphatic carbocycles. The molecule has 0 atom stereocenters. The van der Waals surface area contributed by atoms with Gasteiger partial charge in [0.15, 0.2) is 0 Å². The van der Waals surface area contributed by atoms with E-state index in [-0.39, 0.29) is 0 Å². The van der Waals surface area contributed by atoms with E-state index in [1.165, 1.54) is 0 Å². The molecule has 0 fully saturated rings. The van der Waals surface area contributed by atoms with Crippen molar-refractivity contribution in [2.24, 2.45) is 0 Å². The lowest BCUT2D eigenvalue weighted by Gasteiger charge is -2.13. The standard InChI is InChI=1S/C25H17ClN2O/c1-29-19-12-8-16(9-13-19)21-14-23(17-6-10-18(26)11-7-17)28-24-15-27-22-5-3-2-4-20(22)25(21)24/h2-15H,1H3. The molecular formula is C25H17ClN2O. The summed E-state index contributed by atoms with van der Waals surface area (Å²) < 4.78 is 5.33. The number of nitrogens with zero attached hydrogens (tertiary/aromatic N) is 2. The van der Waals surface area contributed by atoms with E-state index in [1.807, 2.05) is 60.8 Å². The number of methoxy groups -OCH3 is 1. The van der Waals surface area contributed by atoms with Gasteiger partial charge < -0.3 is 4.74 Å². The zero-order valence-corrected chi connectivity index (χ0v) is 16.5. The molecule has 0 aliphatic heterocycles. The first-order chi connectivity index (χ1) is 14.2. The monoisotopic (exact) mass is 396 g/mol. The van der Waals surface area contributed by atoms with Crippen LogP contribution in [0.2, 0.25) is 5.02 Å². The van der Waals surface area contributed by atoms with Gasteiger partial charge in [-0.1, -0.05) is 54.1 Å². The predicted molar refractivity (Wildman–Crippen MR) is 119 cm³/mol. The molecule has 0 saturated carbocycles. The number of pyridine rings is 2. The van der Waals surface area contributed by atoms with Gasteiger partial charge in [-0.3, -0.25) is 4.98 Å². The Morgan fingerprint density at radius 1 is 0.793 bits per heavy atom. The van der Waals surface area contributed by atoms with Gasteiger partial charge >= 0.3 is 0 Å². The fraction of sp³-hybridized carbons (Fsp3) is 0.0400. The van der Waals surface area contributed by atoms with Crippen LogP contribution >= 0.6 is 11.6 Å². The summed E-state index contributed by atoms with van der Waals surface area (Å²) in [6.07, 6.45) is 1.85. The van der Waals surface area contributed by atoms with Gasteiger partial charge in [-0.2, -0.15) is 0 Å². The molecular weight excluding hydrogens is 380 g/mol. The Labute approximate surface area is 173 Å². The molecule has 5 aromatic rings. The van der Waals surface area contributed by atoms with Crippen LogP contribution in [0.1, 0.15) is 0 Å². The third kappa shape index (κ3) is 3.20.